The van der Waals surface area contributed by atoms with Crippen LogP contribution in [-0.4, -0.2) is 18.1 Å². The molecule has 7 heteroatoms. The van der Waals surface area contributed by atoms with Gasteiger partial charge in [0, 0.05) is 10.9 Å². The summed E-state index contributed by atoms with van der Waals surface area (Å²) in [6, 6.07) is 5.05. The zero-order valence-corrected chi connectivity index (χ0v) is 11.1. The molecule has 2 N–H and O–H groups in total. The van der Waals surface area contributed by atoms with Crippen LogP contribution >= 0.6 is 11.8 Å². The van der Waals surface area contributed by atoms with Gasteiger partial charge in [0.2, 0.25) is 0 Å². The molecule has 0 aliphatic carbocycles. The Kier molecular flexibility index (Phi) is 5.68. The molecule has 0 amide bonds. The zero-order valence-electron chi connectivity index (χ0n) is 10.2. The maximum Gasteiger partial charge on any atom is 0.446 e. The van der Waals surface area contributed by atoms with Gasteiger partial charge in [-0.15, -0.1) is 0 Å². The number of hydrogen-bond acceptors (Lipinski definition) is 4. The molecule has 1 atom stereocenters. The van der Waals surface area contributed by atoms with Gasteiger partial charge >= 0.3 is 11.5 Å². The van der Waals surface area contributed by atoms with Crippen molar-refractivity contribution in [3.63, 3.8) is 0 Å². The minimum absolute atomic E-state index is 0.000396. The lowest BCUT2D eigenvalue weighted by Crippen LogP contribution is -2.17. The van der Waals surface area contributed by atoms with Crippen molar-refractivity contribution in [1.82, 2.24) is 0 Å². The molecule has 0 fully saturated rings. The molecule has 106 valence electrons. The predicted molar refractivity (Wildman–Crippen MR) is 66.5 cm³/mol. The predicted octanol–water partition coefficient (Wildman–Crippen LogP) is 3.25. The average Bonchev–Trinajstić information content (AvgIpc) is 2.27. The van der Waals surface area contributed by atoms with Crippen molar-refractivity contribution >= 4 is 17.7 Å². The Balaban J connectivity index is 2.63. The fourth-order valence-electron chi connectivity index (χ4n) is 1.43. The molecule has 0 heterocycles. The first-order valence-electron chi connectivity index (χ1n) is 5.58. The number of rotatable bonds is 5. The Bertz CT molecular complexity index is 420. The Morgan fingerprint density at radius 1 is 1.37 bits per heavy atom. The van der Waals surface area contributed by atoms with Crippen LogP contribution in [0, 0.1) is 0 Å². The van der Waals surface area contributed by atoms with Crippen molar-refractivity contribution in [2.45, 2.75) is 29.8 Å². The van der Waals surface area contributed by atoms with Crippen LogP contribution in [0.1, 0.15) is 24.9 Å². The van der Waals surface area contributed by atoms with E-state index < -0.39 is 17.5 Å². The monoisotopic (exact) mass is 293 g/mol. The molecule has 0 aliphatic rings. The van der Waals surface area contributed by atoms with Crippen LogP contribution in [0.2, 0.25) is 0 Å². The standard InChI is InChI=1S/C12H14F3NO2S/c1-2-18-11(17)7-10(16)8-3-5-9(6-4-8)19-12(13,14)15/h3-6,10H,2,7,16H2,1H3. The van der Waals surface area contributed by atoms with Crippen LogP contribution in [-0.2, 0) is 9.53 Å². The van der Waals surface area contributed by atoms with E-state index >= 15 is 0 Å². The first kappa shape index (κ1) is 15.8. The second-order valence-corrected chi connectivity index (χ2v) is 4.87. The number of esters is 1. The summed E-state index contributed by atoms with van der Waals surface area (Å²) >= 11 is -0.189. The van der Waals surface area contributed by atoms with Crippen LogP contribution in [0.15, 0.2) is 29.2 Å². The van der Waals surface area contributed by atoms with Gasteiger partial charge in [0.15, 0.2) is 0 Å². The van der Waals surface area contributed by atoms with Gasteiger partial charge in [0.25, 0.3) is 0 Å². The quantitative estimate of drug-likeness (QED) is 0.669. The van der Waals surface area contributed by atoms with Gasteiger partial charge in [0.1, 0.15) is 0 Å². The molecule has 1 rings (SSSR count). The van der Waals surface area contributed by atoms with Crippen molar-refractivity contribution in [2.75, 3.05) is 6.61 Å². The summed E-state index contributed by atoms with van der Waals surface area (Å²) in [5.41, 5.74) is 2.06. The Labute approximate surface area is 113 Å². The van der Waals surface area contributed by atoms with Crippen LogP contribution < -0.4 is 5.73 Å². The lowest BCUT2D eigenvalue weighted by atomic mass is 10.1. The summed E-state index contributed by atoms with van der Waals surface area (Å²) in [5, 5.41) is 0. The summed E-state index contributed by atoms with van der Waals surface area (Å²) in [6.07, 6.45) is -0.000396. The Hall–Kier alpha value is -1.21. The number of halogens is 3. The fourth-order valence-corrected chi connectivity index (χ4v) is 1.97. The van der Waals surface area contributed by atoms with Gasteiger partial charge in [-0.3, -0.25) is 4.79 Å². The van der Waals surface area contributed by atoms with Crippen molar-refractivity contribution in [2.24, 2.45) is 5.73 Å². The van der Waals surface area contributed by atoms with E-state index in [1.165, 1.54) is 24.3 Å². The summed E-state index contributed by atoms with van der Waals surface area (Å²) in [5.74, 6) is -0.427. The second-order valence-electron chi connectivity index (χ2n) is 3.73. The lowest BCUT2D eigenvalue weighted by molar-refractivity contribution is -0.143. The van der Waals surface area contributed by atoms with Crippen LogP contribution in [0.3, 0.4) is 0 Å². The molecule has 1 aromatic rings. The first-order valence-corrected chi connectivity index (χ1v) is 6.40. The first-order chi connectivity index (χ1) is 8.81. The Morgan fingerprint density at radius 2 is 1.95 bits per heavy atom. The second kappa shape index (κ2) is 6.81. The number of hydrogen-bond donors (Lipinski definition) is 1. The SMILES string of the molecule is CCOC(=O)CC(N)c1ccc(SC(F)(F)F)cc1. The molecule has 19 heavy (non-hydrogen) atoms. The zero-order chi connectivity index (χ0) is 14.5. The Morgan fingerprint density at radius 3 is 2.42 bits per heavy atom. The maximum absolute atomic E-state index is 12.1. The third-order valence-corrected chi connectivity index (χ3v) is 2.97. The van der Waals surface area contributed by atoms with Crippen molar-refractivity contribution < 1.29 is 22.7 Å². The highest BCUT2D eigenvalue weighted by atomic mass is 32.2. The van der Waals surface area contributed by atoms with E-state index in [2.05, 4.69) is 0 Å². The van der Waals surface area contributed by atoms with Gasteiger partial charge in [-0.25, -0.2) is 0 Å². The normalized spacial score (nSPS) is 13.1. The number of benzene rings is 1. The number of carbonyl (C=O) groups is 1. The minimum atomic E-state index is -4.31. The summed E-state index contributed by atoms with van der Waals surface area (Å²) in [7, 11) is 0. The number of ether oxygens (including phenoxy) is 1. The molecular formula is C12H14F3NO2S. The summed E-state index contributed by atoms with van der Waals surface area (Å²) in [4.78, 5) is 11.3. The summed E-state index contributed by atoms with van der Waals surface area (Å²) < 4.78 is 41.2. The highest BCUT2D eigenvalue weighted by molar-refractivity contribution is 8.00. The van der Waals surface area contributed by atoms with Crippen molar-refractivity contribution in [3.05, 3.63) is 29.8 Å². The molecule has 0 aromatic heterocycles. The molecule has 0 aliphatic heterocycles. The van der Waals surface area contributed by atoms with Crippen LogP contribution in [0.4, 0.5) is 13.2 Å². The molecular weight excluding hydrogens is 279 g/mol. The van der Waals surface area contributed by atoms with Crippen molar-refractivity contribution in [1.29, 1.82) is 0 Å². The lowest BCUT2D eigenvalue weighted by Gasteiger charge is -2.12. The maximum atomic E-state index is 12.1. The molecule has 1 aromatic carbocycles. The summed E-state index contributed by atoms with van der Waals surface area (Å²) in [6.45, 7) is 1.96. The minimum Gasteiger partial charge on any atom is -0.466 e. The van der Waals surface area contributed by atoms with E-state index in [1.54, 1.807) is 6.92 Å². The van der Waals surface area contributed by atoms with Crippen LogP contribution in [0.5, 0.6) is 0 Å². The number of thioether (sulfide) groups is 1. The molecule has 0 bridgehead atoms. The fraction of sp³-hybridized carbons (Fsp3) is 0.417. The molecule has 0 radical (unpaired) electrons. The topological polar surface area (TPSA) is 52.3 Å². The van der Waals surface area contributed by atoms with E-state index in [9.17, 15) is 18.0 Å². The van der Waals surface area contributed by atoms with E-state index in [1.807, 2.05) is 0 Å². The van der Waals surface area contributed by atoms with E-state index in [0.29, 0.717) is 5.56 Å². The van der Waals surface area contributed by atoms with Gasteiger partial charge in [-0.2, -0.15) is 13.2 Å². The highest BCUT2D eigenvalue weighted by Gasteiger charge is 2.29. The largest absolute Gasteiger partial charge is 0.466 e. The van der Waals surface area contributed by atoms with Gasteiger partial charge in [0.05, 0.1) is 13.0 Å². The third kappa shape index (κ3) is 5.98. The van der Waals surface area contributed by atoms with Gasteiger partial charge < -0.3 is 10.5 Å². The van der Waals surface area contributed by atoms with Gasteiger partial charge in [-0.1, -0.05) is 12.1 Å². The molecule has 3 nitrogen and oxygen atoms in total. The van der Waals surface area contributed by atoms with Gasteiger partial charge in [-0.05, 0) is 36.4 Å². The van der Waals surface area contributed by atoms with E-state index in [0.717, 1.165) is 0 Å². The van der Waals surface area contributed by atoms with Crippen molar-refractivity contribution in [3.8, 4) is 0 Å². The molecule has 0 saturated carbocycles. The molecule has 0 saturated heterocycles. The number of carbonyl (C=O) groups excluding carboxylic acids is 1. The van der Waals surface area contributed by atoms with Crippen LogP contribution in [0.25, 0.3) is 0 Å². The molecule has 1 unspecified atom stereocenters. The smallest absolute Gasteiger partial charge is 0.446 e. The average molecular weight is 293 g/mol. The number of alkyl halides is 3. The number of nitrogens with two attached hydrogens (primary N) is 1. The molecule has 0 spiro atoms. The van der Waals surface area contributed by atoms with E-state index in [-0.39, 0.29) is 29.7 Å². The van der Waals surface area contributed by atoms with E-state index in [4.69, 9.17) is 10.5 Å². The highest BCUT2D eigenvalue weighted by Crippen LogP contribution is 2.37. The third-order valence-electron chi connectivity index (χ3n) is 2.23.